The Kier molecular flexibility index (Phi) is 3.48. The molecule has 0 saturated carbocycles. The van der Waals surface area contributed by atoms with Gasteiger partial charge in [-0.3, -0.25) is 0 Å². The third-order valence-corrected chi connectivity index (χ3v) is 7.55. The van der Waals surface area contributed by atoms with Crippen LogP contribution in [0.1, 0.15) is 19.3 Å². The van der Waals surface area contributed by atoms with Gasteiger partial charge in [0, 0.05) is 19.2 Å². The standard InChI is InChI=1S/C12H17BOP/c13-15(11-5-2-1-3-6-11)10-4-7-12(15)8-9-14/h1-3,5-6,12,14H,4,7-10H2/q+1/t12-,15?/m1/s1. The van der Waals surface area contributed by atoms with Crippen molar-refractivity contribution in [3.8, 4) is 0 Å². The van der Waals surface area contributed by atoms with E-state index in [1.165, 1.54) is 18.1 Å². The van der Waals surface area contributed by atoms with Gasteiger partial charge in [-0.25, -0.2) is 0 Å². The van der Waals surface area contributed by atoms with Gasteiger partial charge in [0.1, 0.15) is 0 Å². The zero-order valence-corrected chi connectivity index (χ0v) is 9.87. The van der Waals surface area contributed by atoms with E-state index in [-0.39, 0.29) is 6.61 Å². The number of rotatable bonds is 3. The van der Waals surface area contributed by atoms with Crippen molar-refractivity contribution >= 4 is 20.0 Å². The van der Waals surface area contributed by atoms with Gasteiger partial charge in [0.15, 0.2) is 0 Å². The van der Waals surface area contributed by atoms with E-state index in [1.54, 1.807) is 0 Å². The van der Waals surface area contributed by atoms with Gasteiger partial charge in [-0.05, 0) is 32.1 Å². The van der Waals surface area contributed by atoms with Crippen LogP contribution in [-0.2, 0) is 0 Å². The van der Waals surface area contributed by atoms with Crippen LogP contribution >= 0.6 is 7.14 Å². The molecule has 1 unspecified atom stereocenters. The van der Waals surface area contributed by atoms with Crippen molar-refractivity contribution in [1.29, 1.82) is 0 Å². The van der Waals surface area contributed by atoms with E-state index in [2.05, 4.69) is 24.3 Å². The number of hydrogen-bond donors (Lipinski definition) is 1. The SMILES string of the molecule is [B][P+]1(c2ccccc2)CCC[C@@H]1CCO. The molecular formula is C12H17BOP+. The molecule has 0 aromatic heterocycles. The van der Waals surface area contributed by atoms with Gasteiger partial charge in [0.05, 0.1) is 11.0 Å². The molecule has 15 heavy (non-hydrogen) atoms. The Balaban J connectivity index is 2.25. The molecule has 0 spiro atoms. The lowest BCUT2D eigenvalue weighted by molar-refractivity contribution is 0.285. The maximum absolute atomic E-state index is 9.07. The molecule has 1 N–H and O–H groups in total. The smallest absolute Gasteiger partial charge is 0.371 e. The van der Waals surface area contributed by atoms with Gasteiger partial charge < -0.3 is 5.11 Å². The Hall–Kier alpha value is -0.325. The summed E-state index contributed by atoms with van der Waals surface area (Å²) >= 11 is 0. The number of aliphatic hydroxyl groups is 1. The van der Waals surface area contributed by atoms with Gasteiger partial charge in [0.25, 0.3) is 0 Å². The van der Waals surface area contributed by atoms with Crippen LogP contribution in [0, 0.1) is 0 Å². The van der Waals surface area contributed by atoms with Crippen LogP contribution in [0.25, 0.3) is 0 Å². The summed E-state index contributed by atoms with van der Waals surface area (Å²) in [5, 5.41) is 10.4. The molecule has 0 amide bonds. The fourth-order valence-corrected chi connectivity index (χ4v) is 6.27. The molecule has 2 radical (unpaired) electrons. The lowest BCUT2D eigenvalue weighted by Crippen LogP contribution is -2.21. The molecule has 1 aromatic carbocycles. The summed E-state index contributed by atoms with van der Waals surface area (Å²) in [4.78, 5) is 0. The van der Waals surface area contributed by atoms with E-state index >= 15 is 0 Å². The molecule has 0 aliphatic carbocycles. The largest absolute Gasteiger partial charge is 0.396 e. The zero-order valence-electron chi connectivity index (χ0n) is 8.97. The van der Waals surface area contributed by atoms with E-state index in [9.17, 15) is 0 Å². The highest BCUT2D eigenvalue weighted by atomic mass is 31.2. The first-order valence-electron chi connectivity index (χ1n) is 5.60. The van der Waals surface area contributed by atoms with Gasteiger partial charge in [-0.15, -0.1) is 0 Å². The molecular weight excluding hydrogens is 202 g/mol. The Morgan fingerprint density at radius 2 is 2.07 bits per heavy atom. The third kappa shape index (κ3) is 2.12. The normalized spacial score (nSPS) is 30.6. The van der Waals surface area contributed by atoms with Crippen molar-refractivity contribution in [2.45, 2.75) is 24.9 Å². The second-order valence-corrected chi connectivity index (χ2v) is 7.85. The molecule has 2 rings (SSSR count). The van der Waals surface area contributed by atoms with E-state index in [4.69, 9.17) is 12.7 Å². The number of aliphatic hydroxyl groups excluding tert-OH is 1. The number of hydrogen-bond acceptors (Lipinski definition) is 1. The van der Waals surface area contributed by atoms with Crippen LogP contribution in [0.4, 0.5) is 0 Å². The van der Waals surface area contributed by atoms with E-state index in [0.717, 1.165) is 12.6 Å². The molecule has 1 aromatic rings. The first-order chi connectivity index (χ1) is 7.27. The molecule has 3 heteroatoms. The first kappa shape index (κ1) is 11.2. The maximum Gasteiger partial charge on any atom is 0.371 e. The van der Waals surface area contributed by atoms with Gasteiger partial charge in [-0.2, -0.15) is 0 Å². The van der Waals surface area contributed by atoms with Crippen molar-refractivity contribution in [2.24, 2.45) is 0 Å². The van der Waals surface area contributed by atoms with Crippen LogP contribution in [0.15, 0.2) is 30.3 Å². The van der Waals surface area contributed by atoms with Crippen LogP contribution < -0.4 is 5.30 Å². The highest BCUT2D eigenvalue weighted by Gasteiger charge is 2.46. The lowest BCUT2D eigenvalue weighted by atomic mass is 10.2. The van der Waals surface area contributed by atoms with Crippen molar-refractivity contribution in [2.75, 3.05) is 12.8 Å². The number of benzene rings is 1. The first-order valence-corrected chi connectivity index (χ1v) is 7.71. The highest BCUT2D eigenvalue weighted by molar-refractivity contribution is 8.03. The summed E-state index contributed by atoms with van der Waals surface area (Å²) < 4.78 is 0. The predicted molar refractivity (Wildman–Crippen MR) is 68.3 cm³/mol. The lowest BCUT2D eigenvalue weighted by Gasteiger charge is -2.25. The summed E-state index contributed by atoms with van der Waals surface area (Å²) in [5.74, 6) is 0. The van der Waals surface area contributed by atoms with Gasteiger partial charge in [0.2, 0.25) is 0 Å². The average molecular weight is 219 g/mol. The fraction of sp³-hybridized carbons (Fsp3) is 0.500. The Morgan fingerprint density at radius 1 is 1.33 bits per heavy atom. The average Bonchev–Trinajstić information content (AvgIpc) is 2.64. The van der Waals surface area contributed by atoms with Gasteiger partial charge >= 0.3 is 7.57 Å². The summed E-state index contributed by atoms with van der Waals surface area (Å²) in [6, 6.07) is 10.5. The highest BCUT2D eigenvalue weighted by Crippen LogP contribution is 2.64. The monoisotopic (exact) mass is 219 g/mol. The molecule has 2 atom stereocenters. The molecule has 0 bridgehead atoms. The van der Waals surface area contributed by atoms with E-state index in [1.807, 2.05) is 6.07 Å². The van der Waals surface area contributed by atoms with E-state index in [0.29, 0.717) is 5.66 Å². The summed E-state index contributed by atoms with van der Waals surface area (Å²) in [6.45, 7) is 0.274. The molecule has 1 nitrogen and oxygen atoms in total. The Morgan fingerprint density at radius 3 is 2.73 bits per heavy atom. The summed E-state index contributed by atoms with van der Waals surface area (Å²) in [6.07, 6.45) is 4.45. The molecule has 1 aliphatic rings. The second-order valence-electron chi connectivity index (χ2n) is 4.30. The maximum atomic E-state index is 9.07. The van der Waals surface area contributed by atoms with Crippen molar-refractivity contribution in [3.05, 3.63) is 30.3 Å². The van der Waals surface area contributed by atoms with Crippen LogP contribution in [0.3, 0.4) is 0 Å². The topological polar surface area (TPSA) is 20.2 Å². The third-order valence-electron chi connectivity index (χ3n) is 3.42. The van der Waals surface area contributed by atoms with Crippen LogP contribution in [0.2, 0.25) is 0 Å². The molecule has 78 valence electrons. The summed E-state index contributed by atoms with van der Waals surface area (Å²) in [5.41, 5.74) is 0.546. The minimum Gasteiger partial charge on any atom is -0.396 e. The van der Waals surface area contributed by atoms with Crippen molar-refractivity contribution in [3.63, 3.8) is 0 Å². The van der Waals surface area contributed by atoms with Crippen molar-refractivity contribution in [1.82, 2.24) is 0 Å². The summed E-state index contributed by atoms with van der Waals surface area (Å²) in [7, 11) is 5.15. The Labute approximate surface area is 93.6 Å². The molecule has 1 aliphatic heterocycles. The quantitative estimate of drug-likeness (QED) is 0.608. The minimum atomic E-state index is -1.46. The van der Waals surface area contributed by atoms with E-state index < -0.39 is 7.14 Å². The molecule has 1 heterocycles. The zero-order chi connectivity index (χ0) is 10.7. The molecule has 1 saturated heterocycles. The predicted octanol–water partition coefficient (Wildman–Crippen LogP) is 1.96. The molecule has 1 fully saturated rings. The fourth-order valence-electron chi connectivity index (χ4n) is 2.57. The Bertz CT molecular complexity index is 317. The van der Waals surface area contributed by atoms with Crippen molar-refractivity contribution < 1.29 is 5.11 Å². The van der Waals surface area contributed by atoms with Crippen LogP contribution in [0.5, 0.6) is 0 Å². The minimum absolute atomic E-state index is 0.274. The van der Waals surface area contributed by atoms with Gasteiger partial charge in [-0.1, -0.05) is 18.2 Å². The second kappa shape index (κ2) is 4.68. The van der Waals surface area contributed by atoms with Crippen LogP contribution in [-0.4, -0.2) is 31.1 Å².